The van der Waals surface area contributed by atoms with E-state index in [-0.39, 0.29) is 5.91 Å². The molecular weight excluding hydrogens is 278 g/mol. The number of hydrogen-bond donors (Lipinski definition) is 2. The van der Waals surface area contributed by atoms with Gasteiger partial charge in [0.15, 0.2) is 5.13 Å². The minimum atomic E-state index is -0.465. The molecule has 0 saturated carbocycles. The van der Waals surface area contributed by atoms with Crippen molar-refractivity contribution in [1.29, 1.82) is 0 Å². The second kappa shape index (κ2) is 5.58. The summed E-state index contributed by atoms with van der Waals surface area (Å²) >= 11 is 4.64. The molecule has 0 aromatic carbocycles. The quantitative estimate of drug-likeness (QED) is 0.894. The van der Waals surface area contributed by atoms with Crippen LogP contribution in [-0.4, -0.2) is 16.9 Å². The van der Waals surface area contributed by atoms with Gasteiger partial charge in [-0.25, -0.2) is 4.98 Å². The Morgan fingerprint density at radius 3 is 2.87 bits per heavy atom. The van der Waals surface area contributed by atoms with E-state index in [9.17, 15) is 4.79 Å². The van der Waals surface area contributed by atoms with Crippen LogP contribution in [0.5, 0.6) is 0 Å². The van der Waals surface area contributed by atoms with Crippen LogP contribution in [0.15, 0.2) is 9.98 Å². The predicted octanol–water partition coefficient (Wildman–Crippen LogP) is 2.22. The SMILES string of the molecule is CC(C)CC(N)C(=O)Nc1ncc(Br)s1. The fourth-order valence-corrected chi connectivity index (χ4v) is 2.23. The third-order valence-electron chi connectivity index (χ3n) is 1.77. The number of carbonyl (C=O) groups is 1. The Bertz CT molecular complexity index is 340. The highest BCUT2D eigenvalue weighted by molar-refractivity contribution is 9.11. The molecule has 0 spiro atoms. The molecule has 1 unspecified atom stereocenters. The number of nitrogens with one attached hydrogen (secondary N) is 1. The van der Waals surface area contributed by atoms with Crippen LogP contribution in [0, 0.1) is 5.92 Å². The normalized spacial score (nSPS) is 12.9. The zero-order chi connectivity index (χ0) is 11.4. The topological polar surface area (TPSA) is 68.0 Å². The average molecular weight is 292 g/mol. The number of anilines is 1. The van der Waals surface area contributed by atoms with E-state index >= 15 is 0 Å². The molecule has 84 valence electrons. The molecule has 0 aliphatic carbocycles. The molecule has 6 heteroatoms. The van der Waals surface area contributed by atoms with Crippen LogP contribution in [-0.2, 0) is 4.79 Å². The molecule has 0 saturated heterocycles. The molecule has 1 aromatic heterocycles. The minimum absolute atomic E-state index is 0.175. The number of halogens is 1. The van der Waals surface area contributed by atoms with Crippen molar-refractivity contribution < 1.29 is 4.79 Å². The van der Waals surface area contributed by atoms with Crippen LogP contribution in [0.1, 0.15) is 20.3 Å². The summed E-state index contributed by atoms with van der Waals surface area (Å²) in [6.07, 6.45) is 2.33. The Hall–Kier alpha value is -0.460. The van der Waals surface area contributed by atoms with Gasteiger partial charge in [0.05, 0.1) is 16.0 Å². The molecule has 1 amide bonds. The third-order valence-corrected chi connectivity index (χ3v) is 3.16. The summed E-state index contributed by atoms with van der Waals surface area (Å²) in [4.78, 5) is 15.6. The molecular formula is C9H14BrN3OS. The van der Waals surface area contributed by atoms with E-state index in [1.807, 2.05) is 13.8 Å². The van der Waals surface area contributed by atoms with Crippen molar-refractivity contribution in [3.63, 3.8) is 0 Å². The number of thiazole rings is 1. The Morgan fingerprint density at radius 2 is 2.40 bits per heavy atom. The summed E-state index contributed by atoms with van der Waals surface area (Å²) in [5.74, 6) is 0.235. The summed E-state index contributed by atoms with van der Waals surface area (Å²) in [5.41, 5.74) is 5.73. The van der Waals surface area contributed by atoms with Crippen LogP contribution in [0.3, 0.4) is 0 Å². The van der Waals surface area contributed by atoms with Crippen LogP contribution in [0.2, 0.25) is 0 Å². The molecule has 1 rings (SSSR count). The molecule has 15 heavy (non-hydrogen) atoms. The highest BCUT2D eigenvalue weighted by Gasteiger charge is 2.16. The first-order valence-corrected chi connectivity index (χ1v) is 6.27. The zero-order valence-electron chi connectivity index (χ0n) is 8.66. The second-order valence-electron chi connectivity index (χ2n) is 3.69. The standard InChI is InChI=1S/C9H14BrN3OS/c1-5(2)3-6(11)8(14)13-9-12-4-7(10)15-9/h4-6H,3,11H2,1-2H3,(H,12,13,14). The van der Waals surface area contributed by atoms with E-state index in [0.29, 0.717) is 17.5 Å². The molecule has 0 fully saturated rings. The van der Waals surface area contributed by atoms with Crippen molar-refractivity contribution in [3.8, 4) is 0 Å². The zero-order valence-corrected chi connectivity index (χ0v) is 11.1. The maximum absolute atomic E-state index is 11.6. The largest absolute Gasteiger partial charge is 0.320 e. The first kappa shape index (κ1) is 12.6. The van der Waals surface area contributed by atoms with Gasteiger partial charge in [0, 0.05) is 0 Å². The number of amides is 1. The van der Waals surface area contributed by atoms with Crippen molar-refractivity contribution in [2.24, 2.45) is 11.7 Å². The lowest BCUT2D eigenvalue weighted by Gasteiger charge is -2.12. The fraction of sp³-hybridized carbons (Fsp3) is 0.556. The second-order valence-corrected chi connectivity index (χ2v) is 6.10. The molecule has 0 aliphatic rings. The van der Waals surface area contributed by atoms with Crippen molar-refractivity contribution in [3.05, 3.63) is 9.98 Å². The van der Waals surface area contributed by atoms with Gasteiger partial charge < -0.3 is 11.1 Å². The lowest BCUT2D eigenvalue weighted by Crippen LogP contribution is -2.36. The number of rotatable bonds is 4. The Kier molecular flexibility index (Phi) is 4.69. The van der Waals surface area contributed by atoms with Gasteiger partial charge in [-0.3, -0.25) is 4.79 Å². The van der Waals surface area contributed by atoms with Gasteiger partial charge in [0.25, 0.3) is 0 Å². The van der Waals surface area contributed by atoms with E-state index in [2.05, 4.69) is 26.2 Å². The van der Waals surface area contributed by atoms with E-state index < -0.39 is 6.04 Å². The predicted molar refractivity (Wildman–Crippen MR) is 65.9 cm³/mol. The smallest absolute Gasteiger partial charge is 0.243 e. The van der Waals surface area contributed by atoms with Gasteiger partial charge in [-0.2, -0.15) is 0 Å². The van der Waals surface area contributed by atoms with E-state index in [4.69, 9.17) is 5.73 Å². The Morgan fingerprint density at radius 1 is 1.73 bits per heavy atom. The van der Waals surface area contributed by atoms with Crippen LogP contribution >= 0.6 is 27.3 Å². The summed E-state index contributed by atoms with van der Waals surface area (Å²) in [6.45, 7) is 4.07. The van der Waals surface area contributed by atoms with E-state index in [0.717, 1.165) is 3.79 Å². The first-order valence-electron chi connectivity index (χ1n) is 4.67. The molecule has 4 nitrogen and oxygen atoms in total. The number of nitrogens with two attached hydrogens (primary N) is 1. The van der Waals surface area contributed by atoms with Gasteiger partial charge in [-0.05, 0) is 28.3 Å². The molecule has 0 radical (unpaired) electrons. The van der Waals surface area contributed by atoms with Gasteiger partial charge >= 0.3 is 0 Å². The molecule has 3 N–H and O–H groups in total. The summed E-state index contributed by atoms with van der Waals surface area (Å²) in [7, 11) is 0. The average Bonchev–Trinajstić information content (AvgIpc) is 2.50. The van der Waals surface area contributed by atoms with Crippen molar-refractivity contribution in [2.45, 2.75) is 26.3 Å². The third kappa shape index (κ3) is 4.27. The van der Waals surface area contributed by atoms with Gasteiger partial charge in [-0.1, -0.05) is 25.2 Å². The van der Waals surface area contributed by atoms with Crippen molar-refractivity contribution >= 4 is 38.3 Å². The molecule has 1 aromatic rings. The monoisotopic (exact) mass is 291 g/mol. The van der Waals surface area contributed by atoms with Gasteiger partial charge in [0.2, 0.25) is 5.91 Å². The number of nitrogens with zero attached hydrogens (tertiary/aromatic N) is 1. The van der Waals surface area contributed by atoms with Crippen molar-refractivity contribution in [2.75, 3.05) is 5.32 Å². The van der Waals surface area contributed by atoms with Crippen LogP contribution < -0.4 is 11.1 Å². The Balaban J connectivity index is 2.48. The van der Waals surface area contributed by atoms with Gasteiger partial charge in [-0.15, -0.1) is 0 Å². The molecule has 1 atom stereocenters. The number of carbonyl (C=O) groups excluding carboxylic acids is 1. The Labute approximate surface area is 101 Å². The van der Waals surface area contributed by atoms with E-state index in [1.54, 1.807) is 6.20 Å². The minimum Gasteiger partial charge on any atom is -0.320 e. The molecule has 0 bridgehead atoms. The lowest BCUT2D eigenvalue weighted by atomic mass is 10.0. The maximum Gasteiger partial charge on any atom is 0.243 e. The van der Waals surface area contributed by atoms with Crippen LogP contribution in [0.25, 0.3) is 0 Å². The summed E-state index contributed by atoms with van der Waals surface area (Å²) in [5, 5.41) is 3.26. The first-order chi connectivity index (χ1) is 6.99. The van der Waals surface area contributed by atoms with Crippen LogP contribution in [0.4, 0.5) is 5.13 Å². The molecule has 1 heterocycles. The van der Waals surface area contributed by atoms with Gasteiger partial charge in [0.1, 0.15) is 0 Å². The number of hydrogen-bond acceptors (Lipinski definition) is 4. The summed E-state index contributed by atoms with van der Waals surface area (Å²) < 4.78 is 0.884. The highest BCUT2D eigenvalue weighted by atomic mass is 79.9. The summed E-state index contributed by atoms with van der Waals surface area (Å²) in [6, 6.07) is -0.465. The lowest BCUT2D eigenvalue weighted by molar-refractivity contribution is -0.117. The number of aromatic nitrogens is 1. The fourth-order valence-electron chi connectivity index (χ4n) is 1.13. The van der Waals surface area contributed by atoms with Crippen molar-refractivity contribution in [1.82, 2.24) is 4.98 Å². The van der Waals surface area contributed by atoms with E-state index in [1.165, 1.54) is 11.3 Å². The molecule has 0 aliphatic heterocycles. The maximum atomic E-state index is 11.6. The highest BCUT2D eigenvalue weighted by Crippen LogP contribution is 2.23.